The Morgan fingerprint density at radius 3 is 2.37 bits per heavy atom. The number of amides is 4. The Labute approximate surface area is 321 Å². The highest BCUT2D eigenvalue weighted by Crippen LogP contribution is 2.37. The van der Waals surface area contributed by atoms with Crippen molar-refractivity contribution < 1.29 is 23.9 Å². The van der Waals surface area contributed by atoms with Gasteiger partial charge in [-0.25, -0.2) is 0 Å². The van der Waals surface area contributed by atoms with Gasteiger partial charge in [-0.15, -0.1) is 23.1 Å². The smallest absolute Gasteiger partial charge is 0.272 e. The van der Waals surface area contributed by atoms with Crippen LogP contribution in [0.4, 0.5) is 10.7 Å². The van der Waals surface area contributed by atoms with Crippen LogP contribution in [0.3, 0.4) is 0 Å². The lowest BCUT2D eigenvalue weighted by atomic mass is 10.0. The average Bonchev–Trinajstić information content (AvgIpc) is 3.54. The van der Waals surface area contributed by atoms with Crippen molar-refractivity contribution in [2.24, 2.45) is 0 Å². The molecule has 1 aliphatic heterocycles. The van der Waals surface area contributed by atoms with E-state index in [-0.39, 0.29) is 17.5 Å². The summed E-state index contributed by atoms with van der Waals surface area (Å²) < 4.78 is 5.90. The summed E-state index contributed by atoms with van der Waals surface area (Å²) in [6, 6.07) is 35.0. The Bertz CT molecular complexity index is 2230. The summed E-state index contributed by atoms with van der Waals surface area (Å²) in [5.41, 5.74) is 3.95. The van der Waals surface area contributed by atoms with Gasteiger partial charge < -0.3 is 25.6 Å². The maximum absolute atomic E-state index is 13.7. The average molecular weight is 756 g/mol. The van der Waals surface area contributed by atoms with Crippen molar-refractivity contribution in [1.29, 1.82) is 5.26 Å². The number of thioether (sulfide) groups is 1. The topological polar surface area (TPSA) is 141 Å². The summed E-state index contributed by atoms with van der Waals surface area (Å²) in [5.74, 6) is -0.620. The van der Waals surface area contributed by atoms with E-state index in [0.29, 0.717) is 59.2 Å². The number of nitrogens with one attached hydrogen (secondary N) is 3. The molecule has 10 nitrogen and oxygen atoms in total. The largest absolute Gasteiger partial charge is 0.489 e. The second-order valence-electron chi connectivity index (χ2n) is 12.5. The number of hydrogen-bond donors (Lipinski definition) is 3. The first-order valence-electron chi connectivity index (χ1n) is 17.2. The molecule has 2 heterocycles. The van der Waals surface area contributed by atoms with Gasteiger partial charge in [-0.2, -0.15) is 5.26 Å². The SMILES string of the molecule is CC(=O)N1CCc2c(sc(NC(=O)C(C)Sc3cccc(NC(=O)/C(=C\c4ccc(OCc5ccccc5)cc4)NC(=O)c4ccccc4)c3)c2C#N)C1. The normalized spacial score (nSPS) is 12.8. The van der Waals surface area contributed by atoms with E-state index in [1.54, 1.807) is 90.7 Å². The number of hydrogen-bond acceptors (Lipinski definition) is 8. The molecule has 4 amide bonds. The van der Waals surface area contributed by atoms with Crippen LogP contribution in [0.2, 0.25) is 0 Å². The number of thiophene rings is 1. The standard InChI is InChI=1S/C42H37N5O5S2/c1-27(39(49)46-42-36(24-43)35-20-21-47(28(2)48)25-38(35)54-42)53-34-15-9-14-32(23-34)44-41(51)37(45-40(50)31-12-7-4-8-13-31)22-29-16-18-33(19-17-29)52-26-30-10-5-3-6-11-30/h3-19,22-23,27H,20-21,25-26H2,1-2H3,(H,44,51)(H,45,50)(H,46,49)/b37-22+. The molecule has 12 heteroatoms. The van der Waals surface area contributed by atoms with Crippen molar-refractivity contribution in [2.75, 3.05) is 17.2 Å². The predicted octanol–water partition coefficient (Wildman–Crippen LogP) is 7.63. The van der Waals surface area contributed by atoms with E-state index in [4.69, 9.17) is 4.74 Å². The maximum Gasteiger partial charge on any atom is 0.272 e. The molecule has 3 N–H and O–H groups in total. The molecular formula is C42H37N5O5S2. The molecule has 4 aromatic carbocycles. The second-order valence-corrected chi connectivity index (χ2v) is 15.0. The minimum Gasteiger partial charge on any atom is -0.489 e. The number of benzene rings is 4. The van der Waals surface area contributed by atoms with E-state index < -0.39 is 17.1 Å². The van der Waals surface area contributed by atoms with Crippen LogP contribution in [0.1, 0.15) is 51.3 Å². The summed E-state index contributed by atoms with van der Waals surface area (Å²) in [7, 11) is 0. The van der Waals surface area contributed by atoms with Gasteiger partial charge in [0.05, 0.1) is 17.4 Å². The molecule has 6 rings (SSSR count). The van der Waals surface area contributed by atoms with E-state index >= 15 is 0 Å². The first kappa shape index (κ1) is 37.6. The summed E-state index contributed by atoms with van der Waals surface area (Å²) in [5, 5.41) is 18.4. The number of anilines is 2. The fraction of sp³-hybridized carbons (Fsp3) is 0.167. The number of carbonyl (C=O) groups excluding carboxylic acids is 4. The van der Waals surface area contributed by atoms with Crippen LogP contribution in [-0.4, -0.2) is 40.3 Å². The third-order valence-corrected chi connectivity index (χ3v) is 10.8. The molecular weight excluding hydrogens is 719 g/mol. The summed E-state index contributed by atoms with van der Waals surface area (Å²) in [4.78, 5) is 55.5. The number of rotatable bonds is 12. The van der Waals surface area contributed by atoms with Gasteiger partial charge in [0.15, 0.2) is 0 Å². The predicted molar refractivity (Wildman–Crippen MR) is 212 cm³/mol. The van der Waals surface area contributed by atoms with Crippen molar-refractivity contribution >= 4 is 63.5 Å². The van der Waals surface area contributed by atoms with Crippen molar-refractivity contribution in [2.45, 2.75) is 43.6 Å². The third kappa shape index (κ3) is 9.63. The molecule has 0 spiro atoms. The first-order chi connectivity index (χ1) is 26.2. The maximum atomic E-state index is 13.7. The van der Waals surface area contributed by atoms with Gasteiger partial charge in [0.25, 0.3) is 11.8 Å². The van der Waals surface area contributed by atoms with Crippen LogP contribution in [0.5, 0.6) is 5.75 Å². The van der Waals surface area contributed by atoms with Crippen molar-refractivity contribution in [3.05, 3.63) is 148 Å². The third-order valence-electron chi connectivity index (χ3n) is 8.59. The minimum atomic E-state index is -0.546. The van der Waals surface area contributed by atoms with Crippen LogP contribution >= 0.6 is 23.1 Å². The molecule has 0 saturated heterocycles. The van der Waals surface area contributed by atoms with Crippen LogP contribution < -0.4 is 20.7 Å². The van der Waals surface area contributed by atoms with Gasteiger partial charge in [0.2, 0.25) is 11.8 Å². The van der Waals surface area contributed by atoms with Gasteiger partial charge in [-0.1, -0.05) is 66.7 Å². The number of fused-ring (bicyclic) bond motifs is 1. The fourth-order valence-corrected chi connectivity index (χ4v) is 7.85. The van der Waals surface area contributed by atoms with Crippen molar-refractivity contribution in [1.82, 2.24) is 10.2 Å². The number of carbonyl (C=O) groups is 4. The van der Waals surface area contributed by atoms with Crippen LogP contribution in [0.15, 0.2) is 120 Å². The number of nitrogens with zero attached hydrogens (tertiary/aromatic N) is 2. The first-order valence-corrected chi connectivity index (χ1v) is 18.9. The van der Waals surface area contributed by atoms with Crippen LogP contribution in [0, 0.1) is 11.3 Å². The van der Waals surface area contributed by atoms with E-state index in [1.165, 1.54) is 30.0 Å². The molecule has 5 aromatic rings. The summed E-state index contributed by atoms with van der Waals surface area (Å²) >= 11 is 2.63. The van der Waals surface area contributed by atoms with Crippen molar-refractivity contribution in [3.63, 3.8) is 0 Å². The molecule has 54 heavy (non-hydrogen) atoms. The zero-order chi connectivity index (χ0) is 38.0. The van der Waals surface area contributed by atoms with Crippen LogP contribution in [-0.2, 0) is 34.0 Å². The second kappa shape index (κ2) is 17.6. The van der Waals surface area contributed by atoms with E-state index in [0.717, 1.165) is 20.9 Å². The van der Waals surface area contributed by atoms with Gasteiger partial charge in [-0.05, 0) is 78.6 Å². The molecule has 1 aliphatic rings. The lowest BCUT2D eigenvalue weighted by molar-refractivity contribution is -0.129. The lowest BCUT2D eigenvalue weighted by Gasteiger charge is -2.25. The molecule has 0 aliphatic carbocycles. The fourth-order valence-electron chi connectivity index (χ4n) is 5.71. The Kier molecular flexibility index (Phi) is 12.2. The Hall–Kier alpha value is -6.16. The molecule has 1 unspecified atom stereocenters. The molecule has 1 atom stereocenters. The van der Waals surface area contributed by atoms with E-state index in [9.17, 15) is 24.4 Å². The van der Waals surface area contributed by atoms with E-state index in [2.05, 4.69) is 22.0 Å². The van der Waals surface area contributed by atoms with Crippen LogP contribution in [0.25, 0.3) is 6.08 Å². The van der Waals surface area contributed by atoms with Gasteiger partial charge in [-0.3, -0.25) is 19.2 Å². The highest BCUT2D eigenvalue weighted by atomic mass is 32.2. The number of nitriles is 1. The Morgan fingerprint density at radius 2 is 1.67 bits per heavy atom. The monoisotopic (exact) mass is 755 g/mol. The molecule has 272 valence electrons. The zero-order valence-corrected chi connectivity index (χ0v) is 31.3. The van der Waals surface area contributed by atoms with E-state index in [1.807, 2.05) is 36.4 Å². The molecule has 1 aromatic heterocycles. The Morgan fingerprint density at radius 1 is 0.944 bits per heavy atom. The van der Waals surface area contributed by atoms with Gasteiger partial charge >= 0.3 is 0 Å². The molecule has 0 bridgehead atoms. The van der Waals surface area contributed by atoms with Crippen molar-refractivity contribution in [3.8, 4) is 11.8 Å². The van der Waals surface area contributed by atoms with Gasteiger partial charge in [0.1, 0.15) is 29.1 Å². The number of ether oxygens (including phenoxy) is 1. The van der Waals surface area contributed by atoms with Gasteiger partial charge in [0, 0.05) is 34.5 Å². The molecule has 0 saturated carbocycles. The molecule has 0 radical (unpaired) electrons. The lowest BCUT2D eigenvalue weighted by Crippen LogP contribution is -2.33. The zero-order valence-electron chi connectivity index (χ0n) is 29.6. The highest BCUT2D eigenvalue weighted by molar-refractivity contribution is 8.00. The highest BCUT2D eigenvalue weighted by Gasteiger charge is 2.27. The molecule has 0 fully saturated rings. The minimum absolute atomic E-state index is 0.0266. The summed E-state index contributed by atoms with van der Waals surface area (Å²) in [6.45, 7) is 4.66. The summed E-state index contributed by atoms with van der Waals surface area (Å²) in [6.07, 6.45) is 2.16. The Balaban J connectivity index is 1.13. The quantitative estimate of drug-likeness (QED) is 0.0879.